The summed E-state index contributed by atoms with van der Waals surface area (Å²) in [5.41, 5.74) is 2.11. The maximum Gasteiger partial charge on any atom is 0.229 e. The Bertz CT molecular complexity index is 929. The first-order valence-corrected chi connectivity index (χ1v) is 9.67. The van der Waals surface area contributed by atoms with Crippen LogP contribution < -0.4 is 15.1 Å². The Labute approximate surface area is 168 Å². The van der Waals surface area contributed by atoms with E-state index in [1.807, 2.05) is 18.2 Å². The van der Waals surface area contributed by atoms with Gasteiger partial charge in [0.1, 0.15) is 0 Å². The Hall–Kier alpha value is -2.86. The van der Waals surface area contributed by atoms with Gasteiger partial charge in [-0.05, 0) is 42.8 Å². The number of nitrogens with zero attached hydrogens (tertiary/aromatic N) is 2. The van der Waals surface area contributed by atoms with Crippen LogP contribution in [0, 0.1) is 5.92 Å². The molecule has 3 amide bonds. The molecule has 0 aromatic heterocycles. The van der Waals surface area contributed by atoms with Crippen molar-refractivity contribution < 1.29 is 14.4 Å². The van der Waals surface area contributed by atoms with E-state index in [9.17, 15) is 14.4 Å². The molecule has 0 aliphatic carbocycles. The topological polar surface area (TPSA) is 69.7 Å². The molecule has 0 unspecified atom stereocenters. The van der Waals surface area contributed by atoms with E-state index >= 15 is 0 Å². The highest BCUT2D eigenvalue weighted by Crippen LogP contribution is 2.31. The number of anilines is 3. The zero-order valence-electron chi connectivity index (χ0n) is 15.2. The first-order valence-electron chi connectivity index (χ1n) is 9.29. The van der Waals surface area contributed by atoms with Crippen LogP contribution in [0.15, 0.2) is 48.5 Å². The minimum atomic E-state index is -0.441. The molecule has 2 aliphatic heterocycles. The third-order valence-electron chi connectivity index (χ3n) is 5.16. The summed E-state index contributed by atoms with van der Waals surface area (Å²) in [6.07, 6.45) is 1.60. The van der Waals surface area contributed by atoms with E-state index in [4.69, 9.17) is 11.6 Å². The highest BCUT2D eigenvalue weighted by atomic mass is 35.5. The van der Waals surface area contributed by atoms with Crippen LogP contribution in [0.4, 0.5) is 17.1 Å². The van der Waals surface area contributed by atoms with Crippen LogP contribution in [0.2, 0.25) is 5.02 Å². The third-order valence-corrected chi connectivity index (χ3v) is 5.48. The second-order valence-electron chi connectivity index (χ2n) is 7.04. The zero-order chi connectivity index (χ0) is 19.7. The van der Waals surface area contributed by atoms with Gasteiger partial charge < -0.3 is 15.1 Å². The highest BCUT2D eigenvalue weighted by Gasteiger charge is 2.35. The number of hydrogen-bond acceptors (Lipinski definition) is 3. The van der Waals surface area contributed by atoms with E-state index in [2.05, 4.69) is 5.32 Å². The lowest BCUT2D eigenvalue weighted by Gasteiger charge is -2.18. The van der Waals surface area contributed by atoms with E-state index in [0.29, 0.717) is 29.4 Å². The highest BCUT2D eigenvalue weighted by molar-refractivity contribution is 6.33. The molecule has 28 heavy (non-hydrogen) atoms. The molecule has 1 N–H and O–H groups in total. The molecule has 144 valence electrons. The van der Waals surface area contributed by atoms with E-state index in [-0.39, 0.29) is 24.1 Å². The smallest absolute Gasteiger partial charge is 0.229 e. The molecule has 0 radical (unpaired) electrons. The zero-order valence-corrected chi connectivity index (χ0v) is 16.0. The summed E-state index contributed by atoms with van der Waals surface area (Å²) < 4.78 is 0. The average molecular weight is 398 g/mol. The standard InChI is InChI=1S/C21H20ClN3O3/c22-17-4-1-2-5-18(17)25-13-14(12-20(25)27)21(28)23-15-7-9-16(10-8-15)24-11-3-6-19(24)26/h1-2,4-5,7-10,14H,3,6,11-13H2,(H,23,28)/t14-/m0/s1. The van der Waals surface area contributed by atoms with E-state index < -0.39 is 5.92 Å². The van der Waals surface area contributed by atoms with Crippen molar-refractivity contribution in [2.75, 3.05) is 28.2 Å². The molecule has 2 heterocycles. The van der Waals surface area contributed by atoms with Crippen molar-refractivity contribution in [3.63, 3.8) is 0 Å². The van der Waals surface area contributed by atoms with Crippen LogP contribution in [-0.2, 0) is 14.4 Å². The van der Waals surface area contributed by atoms with Crippen LogP contribution in [0.1, 0.15) is 19.3 Å². The lowest BCUT2D eigenvalue weighted by molar-refractivity contribution is -0.122. The molecular formula is C21H20ClN3O3. The summed E-state index contributed by atoms with van der Waals surface area (Å²) in [6.45, 7) is 1.03. The SMILES string of the molecule is O=C(Nc1ccc(N2CCCC2=O)cc1)[C@H]1CC(=O)N(c2ccccc2Cl)C1. The monoisotopic (exact) mass is 397 g/mol. The van der Waals surface area contributed by atoms with Gasteiger partial charge in [-0.2, -0.15) is 0 Å². The third kappa shape index (κ3) is 3.60. The minimum absolute atomic E-state index is 0.115. The van der Waals surface area contributed by atoms with Gasteiger partial charge in [0.05, 0.1) is 16.6 Å². The molecule has 2 aromatic carbocycles. The van der Waals surface area contributed by atoms with E-state index in [1.165, 1.54) is 0 Å². The fourth-order valence-electron chi connectivity index (χ4n) is 3.68. The number of amides is 3. The summed E-state index contributed by atoms with van der Waals surface area (Å²) in [4.78, 5) is 40.1. The van der Waals surface area contributed by atoms with Crippen molar-refractivity contribution in [3.05, 3.63) is 53.6 Å². The van der Waals surface area contributed by atoms with Crippen molar-refractivity contribution in [1.82, 2.24) is 0 Å². The largest absolute Gasteiger partial charge is 0.326 e. The lowest BCUT2D eigenvalue weighted by atomic mass is 10.1. The van der Waals surface area contributed by atoms with Crippen LogP contribution in [0.25, 0.3) is 0 Å². The Morgan fingerprint density at radius 1 is 1.00 bits per heavy atom. The minimum Gasteiger partial charge on any atom is -0.326 e. The van der Waals surface area contributed by atoms with Gasteiger partial charge in [0.2, 0.25) is 17.7 Å². The number of rotatable bonds is 4. The van der Waals surface area contributed by atoms with Crippen molar-refractivity contribution >= 4 is 46.4 Å². The van der Waals surface area contributed by atoms with Crippen LogP contribution in [-0.4, -0.2) is 30.8 Å². The molecule has 2 fully saturated rings. The van der Waals surface area contributed by atoms with Gasteiger partial charge >= 0.3 is 0 Å². The molecular weight excluding hydrogens is 378 g/mol. The summed E-state index contributed by atoms with van der Waals surface area (Å²) in [5.74, 6) is -0.631. The maximum atomic E-state index is 12.6. The molecule has 2 aromatic rings. The molecule has 0 bridgehead atoms. The van der Waals surface area contributed by atoms with Gasteiger partial charge in [-0.25, -0.2) is 0 Å². The number of hydrogen-bond donors (Lipinski definition) is 1. The van der Waals surface area contributed by atoms with E-state index in [0.717, 1.165) is 18.7 Å². The van der Waals surface area contributed by atoms with Gasteiger partial charge in [-0.15, -0.1) is 0 Å². The number of para-hydroxylation sites is 1. The lowest BCUT2D eigenvalue weighted by Crippen LogP contribution is -2.28. The van der Waals surface area contributed by atoms with Crippen molar-refractivity contribution in [2.45, 2.75) is 19.3 Å². The second kappa shape index (κ2) is 7.64. The van der Waals surface area contributed by atoms with Crippen LogP contribution in [0.5, 0.6) is 0 Å². The molecule has 1 atom stereocenters. The Balaban J connectivity index is 1.41. The summed E-state index contributed by atoms with van der Waals surface area (Å²) in [7, 11) is 0. The summed E-state index contributed by atoms with van der Waals surface area (Å²) >= 11 is 6.18. The molecule has 2 saturated heterocycles. The van der Waals surface area contributed by atoms with Crippen molar-refractivity contribution in [2.24, 2.45) is 5.92 Å². The maximum absolute atomic E-state index is 12.6. The van der Waals surface area contributed by atoms with Crippen LogP contribution in [0.3, 0.4) is 0 Å². The predicted octanol–water partition coefficient (Wildman–Crippen LogP) is 3.46. The molecule has 0 spiro atoms. The number of nitrogens with one attached hydrogen (secondary N) is 1. The molecule has 2 aliphatic rings. The quantitative estimate of drug-likeness (QED) is 0.858. The van der Waals surface area contributed by atoms with Crippen molar-refractivity contribution in [1.29, 1.82) is 0 Å². The molecule has 6 nitrogen and oxygen atoms in total. The van der Waals surface area contributed by atoms with Gasteiger partial charge in [-0.3, -0.25) is 14.4 Å². The van der Waals surface area contributed by atoms with Crippen LogP contribution >= 0.6 is 11.6 Å². The number of carbonyl (C=O) groups excluding carboxylic acids is 3. The molecule has 4 rings (SSSR count). The van der Waals surface area contributed by atoms with Gasteiger partial charge in [-0.1, -0.05) is 23.7 Å². The fraction of sp³-hybridized carbons (Fsp3) is 0.286. The first kappa shape index (κ1) is 18.5. The second-order valence-corrected chi connectivity index (χ2v) is 7.45. The molecule has 0 saturated carbocycles. The molecule has 7 heteroatoms. The number of carbonyl (C=O) groups is 3. The Kier molecular flexibility index (Phi) is 5.05. The van der Waals surface area contributed by atoms with E-state index in [1.54, 1.807) is 40.1 Å². The Morgan fingerprint density at radius 3 is 2.43 bits per heavy atom. The first-order chi connectivity index (χ1) is 13.5. The van der Waals surface area contributed by atoms with Gasteiger partial charge in [0.25, 0.3) is 0 Å². The Morgan fingerprint density at radius 2 is 1.75 bits per heavy atom. The summed E-state index contributed by atoms with van der Waals surface area (Å²) in [5, 5.41) is 3.36. The normalized spacial score (nSPS) is 19.4. The summed E-state index contributed by atoms with van der Waals surface area (Å²) in [6, 6.07) is 14.3. The number of benzene rings is 2. The van der Waals surface area contributed by atoms with Crippen molar-refractivity contribution in [3.8, 4) is 0 Å². The average Bonchev–Trinajstić information content (AvgIpc) is 3.29. The fourth-order valence-corrected chi connectivity index (χ4v) is 3.91. The predicted molar refractivity (Wildman–Crippen MR) is 109 cm³/mol. The van der Waals surface area contributed by atoms with Gasteiger partial charge in [0.15, 0.2) is 0 Å². The number of halogens is 1. The van der Waals surface area contributed by atoms with Gasteiger partial charge in [0, 0.05) is 37.3 Å².